The Hall–Kier alpha value is -1.85. The highest BCUT2D eigenvalue weighted by Crippen LogP contribution is 2.19. The third-order valence-electron chi connectivity index (χ3n) is 16.8. The molecule has 0 spiro atoms. The lowest BCUT2D eigenvalue weighted by Crippen LogP contribution is -2.30. The van der Waals surface area contributed by atoms with Gasteiger partial charge in [-0.15, -0.1) is 0 Å². The average Bonchev–Trinajstić information content (AvgIpc) is 3.45. The lowest BCUT2D eigenvalue weighted by molar-refractivity contribution is -0.167. The van der Waals surface area contributed by atoms with Gasteiger partial charge in [-0.25, -0.2) is 0 Å². The molecule has 468 valence electrons. The van der Waals surface area contributed by atoms with Gasteiger partial charge in [0.1, 0.15) is 13.2 Å². The number of esters is 3. The molecular formula is C73H140O6. The minimum atomic E-state index is -0.763. The fourth-order valence-electron chi connectivity index (χ4n) is 11.3. The number of carbonyl (C=O) groups is 3. The van der Waals surface area contributed by atoms with E-state index in [0.29, 0.717) is 19.3 Å². The van der Waals surface area contributed by atoms with Crippen molar-refractivity contribution in [3.05, 3.63) is 12.2 Å². The van der Waals surface area contributed by atoms with Gasteiger partial charge in [0.2, 0.25) is 0 Å². The van der Waals surface area contributed by atoms with Crippen LogP contribution in [0.2, 0.25) is 0 Å². The van der Waals surface area contributed by atoms with Crippen LogP contribution >= 0.6 is 0 Å². The minimum absolute atomic E-state index is 0.0639. The van der Waals surface area contributed by atoms with Crippen molar-refractivity contribution in [1.82, 2.24) is 0 Å². The molecule has 0 saturated carbocycles. The number of ether oxygens (including phenoxy) is 3. The van der Waals surface area contributed by atoms with Crippen LogP contribution in [0.5, 0.6) is 0 Å². The third-order valence-corrected chi connectivity index (χ3v) is 16.8. The van der Waals surface area contributed by atoms with Crippen molar-refractivity contribution in [3.8, 4) is 0 Å². The number of carbonyl (C=O) groups excluding carboxylic acids is 3. The van der Waals surface area contributed by atoms with E-state index < -0.39 is 6.10 Å². The Balaban J connectivity index is 3.89. The summed E-state index contributed by atoms with van der Waals surface area (Å²) in [6.45, 7) is 6.64. The molecule has 0 aliphatic rings. The predicted molar refractivity (Wildman–Crippen MR) is 344 cm³/mol. The van der Waals surface area contributed by atoms with Gasteiger partial charge in [0.25, 0.3) is 0 Å². The summed E-state index contributed by atoms with van der Waals surface area (Å²) in [5, 5.41) is 0. The second kappa shape index (κ2) is 68.6. The van der Waals surface area contributed by atoms with Gasteiger partial charge in [-0.2, -0.15) is 0 Å². The fourth-order valence-corrected chi connectivity index (χ4v) is 11.3. The maximum absolute atomic E-state index is 12.9. The highest BCUT2D eigenvalue weighted by atomic mass is 16.6. The first kappa shape index (κ1) is 77.2. The van der Waals surface area contributed by atoms with Gasteiger partial charge in [-0.05, 0) is 44.9 Å². The zero-order chi connectivity index (χ0) is 57.1. The van der Waals surface area contributed by atoms with Crippen LogP contribution in [0.4, 0.5) is 0 Å². The van der Waals surface area contributed by atoms with Crippen molar-refractivity contribution < 1.29 is 28.6 Å². The van der Waals surface area contributed by atoms with E-state index in [2.05, 4.69) is 32.9 Å². The van der Waals surface area contributed by atoms with Gasteiger partial charge >= 0.3 is 17.9 Å². The van der Waals surface area contributed by atoms with Gasteiger partial charge in [-0.1, -0.05) is 367 Å². The maximum atomic E-state index is 12.9. The molecule has 0 aliphatic heterocycles. The number of hydrogen-bond acceptors (Lipinski definition) is 6. The number of unbranched alkanes of at least 4 members (excludes halogenated alkanes) is 55. The Bertz CT molecular complexity index is 1230. The highest BCUT2D eigenvalue weighted by molar-refractivity contribution is 5.71. The van der Waals surface area contributed by atoms with Crippen molar-refractivity contribution in [2.45, 2.75) is 425 Å². The Kier molecular flexibility index (Phi) is 67.0. The van der Waals surface area contributed by atoms with E-state index in [-0.39, 0.29) is 31.1 Å². The molecule has 0 aliphatic carbocycles. The molecule has 0 rings (SSSR count). The molecule has 0 aromatic carbocycles. The predicted octanol–water partition coefficient (Wildman–Crippen LogP) is 24.8. The molecule has 0 N–H and O–H groups in total. The molecule has 0 amide bonds. The summed E-state index contributed by atoms with van der Waals surface area (Å²) in [5.74, 6) is -0.846. The van der Waals surface area contributed by atoms with Gasteiger partial charge in [0, 0.05) is 19.3 Å². The lowest BCUT2D eigenvalue weighted by Gasteiger charge is -2.18. The molecule has 0 bridgehead atoms. The smallest absolute Gasteiger partial charge is 0.306 e. The largest absolute Gasteiger partial charge is 0.462 e. The monoisotopic (exact) mass is 1110 g/mol. The zero-order valence-corrected chi connectivity index (χ0v) is 53.9. The molecule has 0 aromatic rings. The highest BCUT2D eigenvalue weighted by Gasteiger charge is 2.19. The average molecular weight is 1110 g/mol. The Morgan fingerprint density at radius 2 is 0.418 bits per heavy atom. The second-order valence-corrected chi connectivity index (χ2v) is 24.9. The van der Waals surface area contributed by atoms with Crippen molar-refractivity contribution in [1.29, 1.82) is 0 Å². The topological polar surface area (TPSA) is 78.9 Å². The van der Waals surface area contributed by atoms with E-state index in [1.165, 1.54) is 315 Å². The first-order chi connectivity index (χ1) is 39.0. The summed E-state index contributed by atoms with van der Waals surface area (Å²) in [7, 11) is 0. The van der Waals surface area contributed by atoms with Crippen molar-refractivity contribution in [2.24, 2.45) is 0 Å². The minimum Gasteiger partial charge on any atom is -0.462 e. The van der Waals surface area contributed by atoms with Gasteiger partial charge in [0.15, 0.2) is 6.10 Å². The van der Waals surface area contributed by atoms with Crippen LogP contribution in [-0.4, -0.2) is 37.2 Å². The summed E-state index contributed by atoms with van der Waals surface area (Å²) in [6, 6.07) is 0. The van der Waals surface area contributed by atoms with Gasteiger partial charge in [0.05, 0.1) is 0 Å². The van der Waals surface area contributed by atoms with E-state index >= 15 is 0 Å². The van der Waals surface area contributed by atoms with E-state index in [4.69, 9.17) is 14.2 Å². The van der Waals surface area contributed by atoms with Crippen LogP contribution in [0.25, 0.3) is 0 Å². The summed E-state index contributed by atoms with van der Waals surface area (Å²) in [4.78, 5) is 38.0. The molecular weight excluding hydrogens is 973 g/mol. The summed E-state index contributed by atoms with van der Waals surface area (Å²) >= 11 is 0. The fraction of sp³-hybridized carbons (Fsp3) is 0.932. The van der Waals surface area contributed by atoms with Crippen molar-refractivity contribution >= 4 is 17.9 Å². The van der Waals surface area contributed by atoms with Gasteiger partial charge < -0.3 is 14.2 Å². The molecule has 1 atom stereocenters. The molecule has 0 heterocycles. The number of allylic oxidation sites excluding steroid dienone is 2. The van der Waals surface area contributed by atoms with E-state index in [0.717, 1.165) is 64.2 Å². The Morgan fingerprint density at radius 3 is 0.633 bits per heavy atom. The summed E-state index contributed by atoms with van der Waals surface area (Å²) in [5.41, 5.74) is 0. The van der Waals surface area contributed by atoms with E-state index in [1.807, 2.05) is 0 Å². The van der Waals surface area contributed by atoms with Crippen LogP contribution < -0.4 is 0 Å². The second-order valence-electron chi connectivity index (χ2n) is 24.9. The van der Waals surface area contributed by atoms with Crippen LogP contribution in [0.1, 0.15) is 419 Å². The third kappa shape index (κ3) is 66.8. The Labute approximate surface area is 494 Å². The molecule has 0 fully saturated rings. The molecule has 0 saturated heterocycles. The maximum Gasteiger partial charge on any atom is 0.306 e. The molecule has 0 aromatic heterocycles. The first-order valence-corrected chi connectivity index (χ1v) is 36.2. The normalized spacial score (nSPS) is 12.0. The van der Waals surface area contributed by atoms with Crippen LogP contribution in [0.3, 0.4) is 0 Å². The van der Waals surface area contributed by atoms with Crippen molar-refractivity contribution in [2.75, 3.05) is 13.2 Å². The van der Waals surface area contributed by atoms with Crippen LogP contribution in [0, 0.1) is 0 Å². The first-order valence-electron chi connectivity index (χ1n) is 36.2. The Morgan fingerprint density at radius 1 is 0.241 bits per heavy atom. The zero-order valence-electron chi connectivity index (χ0n) is 53.9. The molecule has 6 nitrogen and oxygen atoms in total. The van der Waals surface area contributed by atoms with Crippen LogP contribution in [0.15, 0.2) is 12.2 Å². The van der Waals surface area contributed by atoms with Gasteiger partial charge in [-0.3, -0.25) is 14.4 Å². The summed E-state index contributed by atoms with van der Waals surface area (Å²) < 4.78 is 16.8. The molecule has 1 unspecified atom stereocenters. The summed E-state index contributed by atoms with van der Waals surface area (Å²) in [6.07, 6.45) is 83.2. The molecule has 79 heavy (non-hydrogen) atoms. The van der Waals surface area contributed by atoms with Crippen molar-refractivity contribution in [3.63, 3.8) is 0 Å². The lowest BCUT2D eigenvalue weighted by atomic mass is 10.0. The number of rotatable bonds is 68. The molecule has 0 radical (unpaired) electrons. The molecule has 6 heteroatoms. The number of hydrogen-bond donors (Lipinski definition) is 0. The van der Waals surface area contributed by atoms with Crippen LogP contribution in [-0.2, 0) is 28.6 Å². The standard InChI is InChI=1S/C73H140O6/c1-4-7-10-13-15-17-19-21-23-25-27-29-31-33-35-36-38-39-41-43-45-47-49-51-53-55-57-60-63-66-72(75)78-69-70(68-77-71(74)65-62-59-12-9-6-3)79-73(76)67-64-61-58-56-54-52-50-48-46-44-42-40-37-34-32-30-28-26-24-22-20-18-16-14-11-8-5-2/h25,27,70H,4-24,26,28-69H2,1-3H3/b27-25-. The SMILES string of the molecule is CCCCCCCCCC/C=C\CCCCCCCCCCCCCCCCCCCC(=O)OCC(COC(=O)CCCCCCC)OC(=O)CCCCCCCCCCCCCCCCCCCCCCCCCCCCC. The quantitative estimate of drug-likeness (QED) is 0.0261. The van der Waals surface area contributed by atoms with E-state index in [9.17, 15) is 14.4 Å². The van der Waals surface area contributed by atoms with E-state index in [1.54, 1.807) is 0 Å².